The number of nitrogens with zero attached hydrogens (tertiary/aromatic N) is 2. The number of aromatic amines is 1. The lowest BCUT2D eigenvalue weighted by molar-refractivity contribution is 0.562. The van der Waals surface area contributed by atoms with Gasteiger partial charge in [-0.25, -0.2) is 18.1 Å². The second-order valence-corrected chi connectivity index (χ2v) is 8.05. The lowest BCUT2D eigenvalue weighted by atomic mass is 10.3. The Morgan fingerprint density at radius 2 is 2.28 bits per heavy atom. The Hall–Kier alpha value is -0.770. The molecule has 0 fully saturated rings. The minimum absolute atomic E-state index is 0.276. The van der Waals surface area contributed by atoms with Crippen molar-refractivity contribution in [1.82, 2.24) is 19.9 Å². The van der Waals surface area contributed by atoms with E-state index in [1.807, 2.05) is 6.92 Å². The summed E-state index contributed by atoms with van der Waals surface area (Å²) in [5.74, 6) is 0.478. The van der Waals surface area contributed by atoms with Crippen LogP contribution in [0.25, 0.3) is 0 Å². The zero-order valence-corrected chi connectivity index (χ0v) is 12.9. The zero-order valence-electron chi connectivity index (χ0n) is 9.64. The summed E-state index contributed by atoms with van der Waals surface area (Å²) in [5.41, 5.74) is 0.896. The lowest BCUT2D eigenvalue weighted by Crippen LogP contribution is -2.27. The number of aromatic nitrogens is 3. The highest BCUT2D eigenvalue weighted by Crippen LogP contribution is 2.30. The zero-order chi connectivity index (χ0) is 13.3. The smallest absolute Gasteiger partial charge is 0.250 e. The van der Waals surface area contributed by atoms with Crippen molar-refractivity contribution < 1.29 is 8.42 Å². The number of halogens is 1. The summed E-state index contributed by atoms with van der Waals surface area (Å²) in [7, 11) is -3.54. The van der Waals surface area contributed by atoms with Crippen molar-refractivity contribution >= 4 is 37.3 Å². The number of hydrogen-bond donors (Lipinski definition) is 2. The molecule has 0 radical (unpaired) electrons. The molecule has 6 nitrogen and oxygen atoms in total. The monoisotopic (exact) mass is 350 g/mol. The van der Waals surface area contributed by atoms with Gasteiger partial charge in [0, 0.05) is 0 Å². The molecule has 1 unspecified atom stereocenters. The molecule has 98 valence electrons. The molecule has 0 saturated heterocycles. The highest BCUT2D eigenvalue weighted by atomic mass is 79.9. The predicted octanol–water partition coefficient (Wildman–Crippen LogP) is 1.98. The third-order valence-corrected chi connectivity index (χ3v) is 6.43. The van der Waals surface area contributed by atoms with E-state index in [2.05, 4.69) is 35.8 Å². The number of nitrogens with one attached hydrogen (secondary N) is 2. The van der Waals surface area contributed by atoms with Gasteiger partial charge in [0.05, 0.1) is 9.83 Å². The number of H-pyrrole nitrogens is 1. The molecule has 18 heavy (non-hydrogen) atoms. The molecule has 2 rings (SSSR count). The Kier molecular flexibility index (Phi) is 3.85. The molecule has 2 N–H and O–H groups in total. The number of sulfonamides is 1. The SMILES string of the molecule is Cc1cc(S(=O)(=O)NC(C)c2ncn[nH]2)sc1Br. The van der Waals surface area contributed by atoms with Crippen LogP contribution in [0.1, 0.15) is 24.4 Å². The number of hydrogen-bond acceptors (Lipinski definition) is 5. The Labute approximate surface area is 117 Å². The summed E-state index contributed by atoms with van der Waals surface area (Å²) >= 11 is 4.49. The van der Waals surface area contributed by atoms with Crippen LogP contribution in [0.2, 0.25) is 0 Å². The molecule has 2 heterocycles. The number of rotatable bonds is 4. The normalized spacial score (nSPS) is 13.7. The molecule has 0 spiro atoms. The van der Waals surface area contributed by atoms with Gasteiger partial charge >= 0.3 is 0 Å². The fourth-order valence-corrected chi connectivity index (χ4v) is 4.78. The second kappa shape index (κ2) is 5.08. The topological polar surface area (TPSA) is 87.7 Å². The molecule has 0 aliphatic heterocycles. The summed E-state index contributed by atoms with van der Waals surface area (Å²) in [6, 6.07) is 1.17. The van der Waals surface area contributed by atoms with Crippen molar-refractivity contribution in [2.45, 2.75) is 24.1 Å². The summed E-state index contributed by atoms with van der Waals surface area (Å²) in [5, 5.41) is 6.32. The summed E-state index contributed by atoms with van der Waals surface area (Å²) in [6.07, 6.45) is 1.34. The van der Waals surface area contributed by atoms with Crippen LogP contribution in [-0.4, -0.2) is 23.6 Å². The molecule has 0 aromatic carbocycles. The van der Waals surface area contributed by atoms with Crippen molar-refractivity contribution in [2.75, 3.05) is 0 Å². The van der Waals surface area contributed by atoms with E-state index in [-0.39, 0.29) is 4.21 Å². The molecular weight excluding hydrogens is 340 g/mol. The van der Waals surface area contributed by atoms with Crippen LogP contribution in [0.5, 0.6) is 0 Å². The van der Waals surface area contributed by atoms with E-state index in [1.165, 1.54) is 17.7 Å². The van der Waals surface area contributed by atoms with Gasteiger partial charge in [-0.1, -0.05) is 0 Å². The first-order valence-corrected chi connectivity index (χ1v) is 8.13. The van der Waals surface area contributed by atoms with E-state index in [4.69, 9.17) is 0 Å². The standard InChI is InChI=1S/C9H11BrN4O2S2/c1-5-3-7(17-8(5)10)18(15,16)14-6(2)9-11-4-12-13-9/h3-4,6,14H,1-2H3,(H,11,12,13). The summed E-state index contributed by atoms with van der Waals surface area (Å²) < 4.78 is 27.9. The average Bonchev–Trinajstić information content (AvgIpc) is 2.89. The lowest BCUT2D eigenvalue weighted by Gasteiger charge is -2.10. The van der Waals surface area contributed by atoms with Gasteiger partial charge in [-0.3, -0.25) is 5.10 Å². The predicted molar refractivity (Wildman–Crippen MR) is 71.9 cm³/mol. The van der Waals surface area contributed by atoms with Gasteiger partial charge < -0.3 is 0 Å². The van der Waals surface area contributed by atoms with E-state index < -0.39 is 16.1 Å². The number of aryl methyl sites for hydroxylation is 1. The van der Waals surface area contributed by atoms with Gasteiger partial charge in [-0.15, -0.1) is 11.3 Å². The van der Waals surface area contributed by atoms with Gasteiger partial charge in [0.1, 0.15) is 16.4 Å². The second-order valence-electron chi connectivity index (χ2n) is 3.74. The van der Waals surface area contributed by atoms with Crippen LogP contribution in [0.15, 0.2) is 20.4 Å². The van der Waals surface area contributed by atoms with Gasteiger partial charge in [0.2, 0.25) is 0 Å². The Morgan fingerprint density at radius 1 is 1.56 bits per heavy atom. The van der Waals surface area contributed by atoms with E-state index >= 15 is 0 Å². The molecule has 1 atom stereocenters. The minimum atomic E-state index is -3.54. The van der Waals surface area contributed by atoms with Crippen LogP contribution < -0.4 is 4.72 Å². The Morgan fingerprint density at radius 3 is 2.78 bits per heavy atom. The van der Waals surface area contributed by atoms with Crippen molar-refractivity contribution in [3.8, 4) is 0 Å². The summed E-state index contributed by atoms with van der Waals surface area (Å²) in [4.78, 5) is 3.92. The summed E-state index contributed by atoms with van der Waals surface area (Å²) in [6.45, 7) is 3.55. The van der Waals surface area contributed by atoms with Crippen LogP contribution in [0.3, 0.4) is 0 Å². The molecule has 9 heteroatoms. The molecule has 0 saturated carbocycles. The first-order valence-electron chi connectivity index (χ1n) is 5.03. The van der Waals surface area contributed by atoms with Gasteiger partial charge in [0.15, 0.2) is 0 Å². The molecule has 0 aliphatic rings. The molecule has 2 aromatic heterocycles. The first kappa shape index (κ1) is 13.7. The Bertz CT molecular complexity index is 616. The minimum Gasteiger partial charge on any atom is -0.262 e. The molecule has 0 aliphatic carbocycles. The Balaban J connectivity index is 2.22. The third kappa shape index (κ3) is 2.79. The van der Waals surface area contributed by atoms with Crippen LogP contribution in [-0.2, 0) is 10.0 Å². The van der Waals surface area contributed by atoms with Crippen molar-refractivity contribution in [3.63, 3.8) is 0 Å². The van der Waals surface area contributed by atoms with Crippen LogP contribution >= 0.6 is 27.3 Å². The highest BCUT2D eigenvalue weighted by Gasteiger charge is 2.22. The highest BCUT2D eigenvalue weighted by molar-refractivity contribution is 9.11. The van der Waals surface area contributed by atoms with E-state index in [0.717, 1.165) is 9.35 Å². The molecule has 0 bridgehead atoms. The molecular formula is C9H11BrN4O2S2. The maximum absolute atomic E-state index is 12.1. The van der Waals surface area contributed by atoms with Gasteiger partial charge in [-0.05, 0) is 41.4 Å². The van der Waals surface area contributed by atoms with Crippen molar-refractivity contribution in [1.29, 1.82) is 0 Å². The first-order chi connectivity index (χ1) is 8.40. The van der Waals surface area contributed by atoms with Gasteiger partial charge in [-0.2, -0.15) is 5.10 Å². The fraction of sp³-hybridized carbons (Fsp3) is 0.333. The quantitative estimate of drug-likeness (QED) is 0.882. The largest absolute Gasteiger partial charge is 0.262 e. The maximum atomic E-state index is 12.1. The van der Waals surface area contributed by atoms with E-state index in [9.17, 15) is 8.42 Å². The van der Waals surface area contributed by atoms with E-state index in [1.54, 1.807) is 13.0 Å². The van der Waals surface area contributed by atoms with Crippen LogP contribution in [0.4, 0.5) is 0 Å². The maximum Gasteiger partial charge on any atom is 0.250 e. The van der Waals surface area contributed by atoms with Crippen LogP contribution in [0, 0.1) is 6.92 Å². The van der Waals surface area contributed by atoms with E-state index in [0.29, 0.717) is 5.82 Å². The van der Waals surface area contributed by atoms with Gasteiger partial charge in [0.25, 0.3) is 10.0 Å². The third-order valence-electron chi connectivity index (χ3n) is 2.28. The van der Waals surface area contributed by atoms with Crippen molar-refractivity contribution in [2.24, 2.45) is 0 Å². The fourth-order valence-electron chi connectivity index (χ4n) is 1.33. The average molecular weight is 351 g/mol. The molecule has 0 amide bonds. The van der Waals surface area contributed by atoms with Crippen molar-refractivity contribution in [3.05, 3.63) is 27.6 Å². The molecule has 2 aromatic rings. The number of thiophene rings is 1.